The zero-order valence-corrected chi connectivity index (χ0v) is 10.7. The fourth-order valence-corrected chi connectivity index (χ4v) is 2.35. The first-order valence-electron chi connectivity index (χ1n) is 5.79. The third-order valence-electron chi connectivity index (χ3n) is 3.30. The van der Waals surface area contributed by atoms with Crippen molar-refractivity contribution in [1.29, 1.82) is 0 Å². The molecule has 1 aliphatic carbocycles. The van der Waals surface area contributed by atoms with Gasteiger partial charge in [-0.2, -0.15) is 0 Å². The van der Waals surface area contributed by atoms with E-state index < -0.39 is 27.9 Å². The summed E-state index contributed by atoms with van der Waals surface area (Å²) in [4.78, 5) is 21.9. The Morgan fingerprint density at radius 2 is 2.16 bits per heavy atom. The molecule has 0 bridgehead atoms. The van der Waals surface area contributed by atoms with Crippen LogP contribution in [0, 0.1) is 15.9 Å². The number of hydrogen-bond donors (Lipinski definition) is 1. The molecule has 1 amide bonds. The Hall–Kier alpha value is -1.69. The summed E-state index contributed by atoms with van der Waals surface area (Å²) in [5.74, 6) is -1.08. The molecule has 0 atom stereocenters. The van der Waals surface area contributed by atoms with Gasteiger partial charge in [-0.1, -0.05) is 0 Å². The number of nitrogens with zero attached hydrogens (tertiary/aromatic N) is 1. The summed E-state index contributed by atoms with van der Waals surface area (Å²) in [6, 6.07) is 2.80. The molecule has 102 valence electrons. The molecule has 5 nitrogen and oxygen atoms in total. The Balaban J connectivity index is 2.21. The number of hydrogen-bond acceptors (Lipinski definition) is 3. The van der Waals surface area contributed by atoms with E-state index in [0.29, 0.717) is 0 Å². The normalized spacial score (nSPS) is 16.5. The van der Waals surface area contributed by atoms with Crippen LogP contribution < -0.4 is 5.32 Å². The third kappa shape index (κ3) is 2.84. The van der Waals surface area contributed by atoms with Crippen LogP contribution in [0.1, 0.15) is 29.6 Å². The second-order valence-electron chi connectivity index (χ2n) is 4.68. The van der Waals surface area contributed by atoms with Crippen LogP contribution in [0.25, 0.3) is 0 Å². The van der Waals surface area contributed by atoms with Gasteiger partial charge in [-0.3, -0.25) is 14.9 Å². The van der Waals surface area contributed by atoms with Crippen molar-refractivity contribution in [2.45, 2.75) is 24.8 Å². The van der Waals surface area contributed by atoms with Gasteiger partial charge in [0.25, 0.3) is 11.6 Å². The molecular weight excluding hydrogens is 275 g/mol. The lowest BCUT2D eigenvalue weighted by Gasteiger charge is -2.40. The van der Waals surface area contributed by atoms with E-state index in [0.717, 1.165) is 37.5 Å². The molecule has 2 rings (SSSR count). The van der Waals surface area contributed by atoms with Crippen LogP contribution in [-0.2, 0) is 0 Å². The van der Waals surface area contributed by atoms with Gasteiger partial charge in [-0.25, -0.2) is 4.39 Å². The van der Waals surface area contributed by atoms with Crippen LogP contribution in [-0.4, -0.2) is 22.2 Å². The van der Waals surface area contributed by atoms with E-state index in [9.17, 15) is 19.3 Å². The van der Waals surface area contributed by atoms with Crippen LogP contribution in [0.5, 0.6) is 0 Å². The van der Waals surface area contributed by atoms with Crippen molar-refractivity contribution in [3.63, 3.8) is 0 Å². The van der Waals surface area contributed by atoms with E-state index in [4.69, 9.17) is 11.6 Å². The van der Waals surface area contributed by atoms with Crippen molar-refractivity contribution in [2.24, 2.45) is 0 Å². The van der Waals surface area contributed by atoms with Crippen LogP contribution in [0.15, 0.2) is 18.2 Å². The predicted molar refractivity (Wildman–Crippen MR) is 67.8 cm³/mol. The smallest absolute Gasteiger partial charge is 0.273 e. The zero-order valence-electron chi connectivity index (χ0n) is 9.99. The van der Waals surface area contributed by atoms with Gasteiger partial charge >= 0.3 is 0 Å². The number of rotatable bonds is 4. The summed E-state index contributed by atoms with van der Waals surface area (Å²) in [6.07, 6.45) is 2.50. The van der Waals surface area contributed by atoms with Crippen molar-refractivity contribution >= 4 is 23.2 Å². The predicted octanol–water partition coefficient (Wildman–Crippen LogP) is 2.63. The number of amides is 1. The van der Waals surface area contributed by atoms with Crippen LogP contribution >= 0.6 is 11.6 Å². The number of alkyl halides is 1. The number of benzene rings is 1. The lowest BCUT2D eigenvalue weighted by atomic mass is 9.78. The standard InChI is InChI=1S/C12H12ClFN2O3/c13-7-12(2-1-3-12)15-11(17)8-4-9(14)6-10(5-8)16(18)19/h4-6H,1-3,7H2,(H,15,17). The number of carbonyl (C=O) groups is 1. The number of nitro groups is 1. The highest BCUT2D eigenvalue weighted by atomic mass is 35.5. The second kappa shape index (κ2) is 5.13. The molecule has 0 saturated heterocycles. The number of nitrogens with one attached hydrogen (secondary N) is 1. The van der Waals surface area contributed by atoms with Crippen LogP contribution in [0.2, 0.25) is 0 Å². The second-order valence-corrected chi connectivity index (χ2v) is 4.94. The maximum atomic E-state index is 13.2. The molecule has 1 fully saturated rings. The molecule has 19 heavy (non-hydrogen) atoms. The Kier molecular flexibility index (Phi) is 3.71. The first kappa shape index (κ1) is 13.7. The molecule has 7 heteroatoms. The summed E-state index contributed by atoms with van der Waals surface area (Å²) in [5.41, 5.74) is -0.971. The topological polar surface area (TPSA) is 72.2 Å². The minimum Gasteiger partial charge on any atom is -0.345 e. The first-order chi connectivity index (χ1) is 8.96. The summed E-state index contributed by atoms with van der Waals surface area (Å²) in [5, 5.41) is 13.4. The maximum absolute atomic E-state index is 13.2. The number of nitro benzene ring substituents is 1. The van der Waals surface area contributed by atoms with E-state index in [2.05, 4.69) is 5.32 Å². The monoisotopic (exact) mass is 286 g/mol. The van der Waals surface area contributed by atoms with Crippen molar-refractivity contribution < 1.29 is 14.1 Å². The fraction of sp³-hybridized carbons (Fsp3) is 0.417. The molecule has 1 aliphatic rings. The van der Waals surface area contributed by atoms with Gasteiger partial charge < -0.3 is 5.32 Å². The number of carbonyl (C=O) groups excluding carboxylic acids is 1. The fourth-order valence-electron chi connectivity index (χ4n) is 2.02. The van der Waals surface area contributed by atoms with E-state index in [1.54, 1.807) is 0 Å². The highest BCUT2D eigenvalue weighted by Gasteiger charge is 2.37. The SMILES string of the molecule is O=C(NC1(CCl)CCC1)c1cc(F)cc([N+](=O)[O-])c1. The maximum Gasteiger partial charge on any atom is 0.273 e. The summed E-state index contributed by atoms with van der Waals surface area (Å²) in [6.45, 7) is 0. The molecule has 1 saturated carbocycles. The third-order valence-corrected chi connectivity index (χ3v) is 3.81. The number of halogens is 2. The van der Waals surface area contributed by atoms with Crippen LogP contribution in [0.4, 0.5) is 10.1 Å². The van der Waals surface area contributed by atoms with Crippen molar-refractivity contribution in [3.05, 3.63) is 39.7 Å². The minimum atomic E-state index is -0.812. The van der Waals surface area contributed by atoms with E-state index in [-0.39, 0.29) is 11.4 Å². The highest BCUT2D eigenvalue weighted by Crippen LogP contribution is 2.33. The van der Waals surface area contributed by atoms with Gasteiger partial charge in [0.05, 0.1) is 16.5 Å². The van der Waals surface area contributed by atoms with Crippen molar-refractivity contribution in [3.8, 4) is 0 Å². The summed E-state index contributed by atoms with van der Waals surface area (Å²) in [7, 11) is 0. The Morgan fingerprint density at radius 1 is 1.47 bits per heavy atom. The molecule has 0 spiro atoms. The van der Waals surface area contributed by atoms with Gasteiger partial charge in [0.1, 0.15) is 5.82 Å². The Bertz CT molecular complexity index is 526. The average molecular weight is 287 g/mol. The molecule has 1 aromatic rings. The summed E-state index contributed by atoms with van der Waals surface area (Å²) >= 11 is 5.81. The van der Waals surface area contributed by atoms with Gasteiger partial charge in [0.2, 0.25) is 0 Å². The van der Waals surface area contributed by atoms with Gasteiger partial charge in [-0.15, -0.1) is 11.6 Å². The van der Waals surface area contributed by atoms with Gasteiger partial charge in [0.15, 0.2) is 0 Å². The largest absolute Gasteiger partial charge is 0.345 e. The molecule has 0 aliphatic heterocycles. The average Bonchev–Trinajstić information content (AvgIpc) is 2.32. The van der Waals surface area contributed by atoms with E-state index >= 15 is 0 Å². The van der Waals surface area contributed by atoms with Gasteiger partial charge in [0, 0.05) is 17.5 Å². The molecule has 1 N–H and O–H groups in total. The lowest BCUT2D eigenvalue weighted by Crippen LogP contribution is -2.55. The minimum absolute atomic E-state index is 0.0666. The molecule has 1 aromatic carbocycles. The van der Waals surface area contributed by atoms with E-state index in [1.165, 1.54) is 0 Å². The Labute approximate surface area is 113 Å². The van der Waals surface area contributed by atoms with E-state index in [1.807, 2.05) is 0 Å². The van der Waals surface area contributed by atoms with Crippen LogP contribution in [0.3, 0.4) is 0 Å². The van der Waals surface area contributed by atoms with Gasteiger partial charge in [-0.05, 0) is 25.3 Å². The first-order valence-corrected chi connectivity index (χ1v) is 6.33. The Morgan fingerprint density at radius 3 is 2.63 bits per heavy atom. The quantitative estimate of drug-likeness (QED) is 0.525. The molecule has 0 radical (unpaired) electrons. The molecule has 0 heterocycles. The number of non-ortho nitro benzene ring substituents is 1. The zero-order chi connectivity index (χ0) is 14.0. The van der Waals surface area contributed by atoms with Crippen molar-refractivity contribution in [2.75, 3.05) is 5.88 Å². The lowest BCUT2D eigenvalue weighted by molar-refractivity contribution is -0.385. The summed E-state index contributed by atoms with van der Waals surface area (Å²) < 4.78 is 13.2. The molecule has 0 aromatic heterocycles. The highest BCUT2D eigenvalue weighted by molar-refractivity contribution is 6.19. The molecular formula is C12H12ClFN2O3. The molecule has 0 unspecified atom stereocenters. The van der Waals surface area contributed by atoms with Crippen molar-refractivity contribution in [1.82, 2.24) is 5.32 Å².